The van der Waals surface area contributed by atoms with Gasteiger partial charge in [-0.15, -0.1) is 0 Å². The van der Waals surface area contributed by atoms with Crippen LogP contribution in [0.4, 0.5) is 0 Å². The maximum atomic E-state index is 12.1. The zero-order valence-electron chi connectivity index (χ0n) is 12.4. The molecule has 1 heterocycles. The normalized spacial score (nSPS) is 16.6. The molecular formula is C13H24N4O3S. The Labute approximate surface area is 126 Å². The molecule has 0 atom stereocenters. The summed E-state index contributed by atoms with van der Waals surface area (Å²) in [4.78, 5) is 0.194. The number of nitrogens with zero attached hydrogens (tertiary/aromatic N) is 2. The molecule has 1 aromatic heterocycles. The van der Waals surface area contributed by atoms with Gasteiger partial charge in [-0.1, -0.05) is 12.8 Å². The molecule has 0 saturated heterocycles. The van der Waals surface area contributed by atoms with E-state index in [4.69, 9.17) is 4.74 Å². The van der Waals surface area contributed by atoms with Crippen molar-refractivity contribution >= 4 is 10.0 Å². The summed E-state index contributed by atoms with van der Waals surface area (Å²) in [6.45, 7) is 2.08. The van der Waals surface area contributed by atoms with Gasteiger partial charge in [0.05, 0.1) is 25.5 Å². The number of ether oxygens (including phenoxy) is 1. The minimum Gasteiger partial charge on any atom is -0.377 e. The minimum absolute atomic E-state index is 0.194. The molecule has 8 heteroatoms. The maximum Gasteiger partial charge on any atom is 0.243 e. The highest BCUT2D eigenvalue weighted by atomic mass is 32.2. The predicted molar refractivity (Wildman–Crippen MR) is 79.6 cm³/mol. The van der Waals surface area contributed by atoms with E-state index >= 15 is 0 Å². The zero-order valence-corrected chi connectivity index (χ0v) is 13.2. The molecule has 0 aliphatic heterocycles. The summed E-state index contributed by atoms with van der Waals surface area (Å²) in [6.07, 6.45) is 7.81. The van der Waals surface area contributed by atoms with Gasteiger partial charge in [0.1, 0.15) is 4.90 Å². The molecule has 1 aliphatic carbocycles. The van der Waals surface area contributed by atoms with Crippen molar-refractivity contribution in [3.63, 3.8) is 0 Å². The lowest BCUT2D eigenvalue weighted by atomic mass is 10.3. The van der Waals surface area contributed by atoms with Gasteiger partial charge in [-0.05, 0) is 19.9 Å². The molecule has 0 bridgehead atoms. The molecule has 21 heavy (non-hydrogen) atoms. The molecule has 1 saturated carbocycles. The molecule has 120 valence electrons. The summed E-state index contributed by atoms with van der Waals surface area (Å²) >= 11 is 0. The lowest BCUT2D eigenvalue weighted by Crippen LogP contribution is -2.28. The van der Waals surface area contributed by atoms with E-state index in [1.54, 1.807) is 4.68 Å². The second kappa shape index (κ2) is 7.88. The van der Waals surface area contributed by atoms with E-state index in [0.717, 1.165) is 19.4 Å². The Kier molecular flexibility index (Phi) is 6.16. The van der Waals surface area contributed by atoms with Crippen LogP contribution in [0.15, 0.2) is 17.3 Å². The van der Waals surface area contributed by atoms with Crippen molar-refractivity contribution in [3.8, 4) is 0 Å². The fourth-order valence-corrected chi connectivity index (χ4v) is 3.34. The van der Waals surface area contributed by atoms with Crippen molar-refractivity contribution in [2.45, 2.75) is 43.2 Å². The highest BCUT2D eigenvalue weighted by molar-refractivity contribution is 7.89. The fraction of sp³-hybridized carbons (Fsp3) is 0.769. The summed E-state index contributed by atoms with van der Waals surface area (Å²) in [5.74, 6) is 0. The topological polar surface area (TPSA) is 85.2 Å². The van der Waals surface area contributed by atoms with Crippen LogP contribution in [0.5, 0.6) is 0 Å². The van der Waals surface area contributed by atoms with Crippen LogP contribution in [0.2, 0.25) is 0 Å². The van der Waals surface area contributed by atoms with Crippen LogP contribution >= 0.6 is 0 Å². The summed E-state index contributed by atoms with van der Waals surface area (Å²) in [5, 5.41) is 7.03. The molecule has 7 nitrogen and oxygen atoms in total. The van der Waals surface area contributed by atoms with Crippen LogP contribution in [-0.2, 0) is 21.3 Å². The van der Waals surface area contributed by atoms with E-state index < -0.39 is 10.0 Å². The van der Waals surface area contributed by atoms with Gasteiger partial charge >= 0.3 is 0 Å². The molecule has 0 amide bonds. The third kappa shape index (κ3) is 5.06. The fourth-order valence-electron chi connectivity index (χ4n) is 2.37. The van der Waals surface area contributed by atoms with Crippen molar-refractivity contribution in [2.75, 3.05) is 26.7 Å². The van der Waals surface area contributed by atoms with E-state index in [1.807, 2.05) is 7.05 Å². The van der Waals surface area contributed by atoms with Gasteiger partial charge in [0.15, 0.2) is 0 Å². The smallest absolute Gasteiger partial charge is 0.243 e. The van der Waals surface area contributed by atoms with Gasteiger partial charge in [-0.2, -0.15) is 5.10 Å². The molecule has 1 aromatic rings. The third-order valence-electron chi connectivity index (χ3n) is 3.56. The lowest BCUT2D eigenvalue weighted by molar-refractivity contribution is 0.0626. The minimum atomic E-state index is -3.49. The molecular weight excluding hydrogens is 292 g/mol. The van der Waals surface area contributed by atoms with E-state index in [2.05, 4.69) is 15.1 Å². The standard InChI is InChI=1S/C13H24N4O3S/c1-14-6-8-17-11-13(10-15-17)21(18,19)16-7-9-20-12-4-2-3-5-12/h10-12,14,16H,2-9H2,1H3. The Morgan fingerprint density at radius 3 is 2.86 bits per heavy atom. The van der Waals surface area contributed by atoms with Gasteiger partial charge in [0, 0.05) is 19.3 Å². The van der Waals surface area contributed by atoms with Crippen LogP contribution in [0, 0.1) is 0 Å². The number of rotatable bonds is 9. The SMILES string of the molecule is CNCCn1cc(S(=O)(=O)NCCOC2CCCC2)cn1. The summed E-state index contributed by atoms with van der Waals surface area (Å²) in [5.41, 5.74) is 0. The number of hydrogen-bond donors (Lipinski definition) is 2. The summed E-state index contributed by atoms with van der Waals surface area (Å²) in [7, 11) is -1.65. The van der Waals surface area contributed by atoms with Gasteiger partial charge in [0.2, 0.25) is 10.0 Å². The first-order valence-corrected chi connectivity index (χ1v) is 8.88. The molecule has 2 rings (SSSR count). The maximum absolute atomic E-state index is 12.1. The van der Waals surface area contributed by atoms with Crippen molar-refractivity contribution in [3.05, 3.63) is 12.4 Å². The second-order valence-electron chi connectivity index (χ2n) is 5.22. The van der Waals surface area contributed by atoms with Crippen molar-refractivity contribution < 1.29 is 13.2 Å². The number of hydrogen-bond acceptors (Lipinski definition) is 5. The first-order chi connectivity index (χ1) is 10.1. The van der Waals surface area contributed by atoms with Gasteiger partial charge in [-0.25, -0.2) is 13.1 Å². The molecule has 0 aromatic carbocycles. The molecule has 0 spiro atoms. The summed E-state index contributed by atoms with van der Waals surface area (Å²) < 4.78 is 34.0. The third-order valence-corrected chi connectivity index (χ3v) is 4.98. The van der Waals surface area contributed by atoms with Crippen LogP contribution in [0.25, 0.3) is 0 Å². The van der Waals surface area contributed by atoms with Gasteiger partial charge in [-0.3, -0.25) is 4.68 Å². The Morgan fingerprint density at radius 2 is 2.14 bits per heavy atom. The Bertz CT molecular complexity index is 523. The van der Waals surface area contributed by atoms with Crippen molar-refractivity contribution in [1.82, 2.24) is 19.8 Å². The molecule has 0 unspecified atom stereocenters. The molecule has 1 aliphatic rings. The van der Waals surface area contributed by atoms with Crippen molar-refractivity contribution in [2.24, 2.45) is 0 Å². The summed E-state index contributed by atoms with van der Waals surface area (Å²) in [6, 6.07) is 0. The zero-order chi connectivity index (χ0) is 15.1. The molecule has 1 fully saturated rings. The van der Waals surface area contributed by atoms with Crippen molar-refractivity contribution in [1.29, 1.82) is 0 Å². The quantitative estimate of drug-likeness (QED) is 0.642. The Morgan fingerprint density at radius 1 is 1.38 bits per heavy atom. The van der Waals surface area contributed by atoms with E-state index in [9.17, 15) is 8.42 Å². The second-order valence-corrected chi connectivity index (χ2v) is 6.98. The average Bonchev–Trinajstić information content (AvgIpc) is 3.13. The van der Waals surface area contributed by atoms with Crippen LogP contribution in [0.1, 0.15) is 25.7 Å². The number of aromatic nitrogens is 2. The molecule has 2 N–H and O–H groups in total. The number of nitrogens with one attached hydrogen (secondary N) is 2. The van der Waals surface area contributed by atoms with Gasteiger partial charge < -0.3 is 10.1 Å². The predicted octanol–water partition coefficient (Wildman–Crippen LogP) is 0.340. The number of sulfonamides is 1. The van der Waals surface area contributed by atoms with Gasteiger partial charge in [0.25, 0.3) is 0 Å². The first-order valence-electron chi connectivity index (χ1n) is 7.40. The number of likely N-dealkylation sites (N-methyl/N-ethyl adjacent to an activating group) is 1. The van der Waals surface area contributed by atoms with Crippen LogP contribution < -0.4 is 10.0 Å². The highest BCUT2D eigenvalue weighted by Gasteiger charge is 2.18. The van der Waals surface area contributed by atoms with Crippen LogP contribution in [0.3, 0.4) is 0 Å². The Balaban J connectivity index is 1.76. The largest absolute Gasteiger partial charge is 0.377 e. The van der Waals surface area contributed by atoms with E-state index in [1.165, 1.54) is 25.2 Å². The van der Waals surface area contributed by atoms with E-state index in [-0.39, 0.29) is 4.90 Å². The Hall–Kier alpha value is -0.960. The lowest BCUT2D eigenvalue weighted by Gasteiger charge is -2.11. The van der Waals surface area contributed by atoms with Crippen LogP contribution in [-0.4, -0.2) is 51.0 Å². The van der Waals surface area contributed by atoms with E-state index in [0.29, 0.717) is 25.8 Å². The first kappa shape index (κ1) is 16.4. The monoisotopic (exact) mass is 316 g/mol. The molecule has 0 radical (unpaired) electrons. The highest BCUT2D eigenvalue weighted by Crippen LogP contribution is 2.20. The average molecular weight is 316 g/mol.